The zero-order valence-corrected chi connectivity index (χ0v) is 13.0. The van der Waals surface area contributed by atoms with Crippen LogP contribution in [0.3, 0.4) is 0 Å². The molecule has 1 aromatic heterocycles. The second-order valence-corrected chi connectivity index (χ2v) is 5.68. The molecule has 0 aliphatic carbocycles. The highest BCUT2D eigenvalue weighted by molar-refractivity contribution is 6.30. The van der Waals surface area contributed by atoms with E-state index in [1.54, 1.807) is 25.3 Å². The normalized spacial score (nSPS) is 16.9. The molecule has 0 fully saturated rings. The van der Waals surface area contributed by atoms with Crippen molar-refractivity contribution in [2.45, 2.75) is 32.0 Å². The lowest BCUT2D eigenvalue weighted by molar-refractivity contribution is 0.177. The monoisotopic (exact) mass is 317 g/mol. The summed E-state index contributed by atoms with van der Waals surface area (Å²) in [6, 6.07) is 7.60. The summed E-state index contributed by atoms with van der Waals surface area (Å²) in [7, 11) is 1.63. The lowest BCUT2D eigenvalue weighted by Crippen LogP contribution is -2.32. The number of methoxy groups -OCH3 is 1. The van der Waals surface area contributed by atoms with Gasteiger partial charge in [-0.1, -0.05) is 11.6 Å². The molecule has 1 atom stereocenters. The van der Waals surface area contributed by atoms with Crippen molar-refractivity contribution >= 4 is 17.3 Å². The predicted molar refractivity (Wildman–Crippen MR) is 82.6 cm³/mol. The van der Waals surface area contributed by atoms with Crippen LogP contribution in [0.5, 0.6) is 0 Å². The molecule has 3 rings (SSSR count). The van der Waals surface area contributed by atoms with Crippen LogP contribution in [-0.4, -0.2) is 27.9 Å². The average Bonchev–Trinajstić information content (AvgIpc) is 2.89. The van der Waals surface area contributed by atoms with Crippen molar-refractivity contribution in [3.05, 3.63) is 40.4 Å². The van der Waals surface area contributed by atoms with E-state index in [1.807, 2.05) is 4.68 Å². The van der Waals surface area contributed by atoms with E-state index in [1.165, 1.54) is 0 Å². The fourth-order valence-corrected chi connectivity index (χ4v) is 2.79. The van der Waals surface area contributed by atoms with Crippen LogP contribution in [0, 0.1) is 11.3 Å². The molecule has 0 unspecified atom stereocenters. The molecular formula is C15H16ClN5O. The minimum atomic E-state index is 0.190. The fraction of sp³-hybridized carbons (Fsp3) is 0.400. The summed E-state index contributed by atoms with van der Waals surface area (Å²) in [4.78, 5) is 4.46. The van der Waals surface area contributed by atoms with Gasteiger partial charge in [-0.2, -0.15) is 10.4 Å². The van der Waals surface area contributed by atoms with Crippen LogP contribution < -0.4 is 5.32 Å². The van der Waals surface area contributed by atoms with Crippen molar-refractivity contribution in [2.75, 3.05) is 12.4 Å². The molecule has 0 bridgehead atoms. The van der Waals surface area contributed by atoms with E-state index in [0.29, 0.717) is 29.6 Å². The summed E-state index contributed by atoms with van der Waals surface area (Å²) in [5, 5.41) is 17.6. The van der Waals surface area contributed by atoms with Gasteiger partial charge in [0.2, 0.25) is 0 Å². The number of nitriles is 1. The number of nitrogens with one attached hydrogen (secondary N) is 1. The molecule has 2 heterocycles. The van der Waals surface area contributed by atoms with E-state index in [9.17, 15) is 5.26 Å². The standard InChI is InChI=1S/C15H16ClN5O/c1-22-9-14-19-15-5-4-12(8-21(15)20-14)18-13-6-11(16)3-2-10(13)7-17/h2-3,6,12,18H,4-5,8-9H2,1H3/t12-/m1/s1. The zero-order chi connectivity index (χ0) is 15.5. The van der Waals surface area contributed by atoms with Gasteiger partial charge in [0.05, 0.1) is 17.8 Å². The van der Waals surface area contributed by atoms with Gasteiger partial charge in [0, 0.05) is 24.6 Å². The summed E-state index contributed by atoms with van der Waals surface area (Å²) in [5.74, 6) is 1.69. The third kappa shape index (κ3) is 3.06. The minimum Gasteiger partial charge on any atom is -0.379 e. The molecule has 1 N–H and O–H groups in total. The van der Waals surface area contributed by atoms with E-state index >= 15 is 0 Å². The SMILES string of the molecule is COCc1nc2n(n1)C[C@H](Nc1cc(Cl)ccc1C#N)CC2. The van der Waals surface area contributed by atoms with E-state index in [4.69, 9.17) is 16.3 Å². The lowest BCUT2D eigenvalue weighted by atomic mass is 10.1. The number of nitrogens with zero attached hydrogens (tertiary/aromatic N) is 4. The molecule has 1 aromatic carbocycles. The number of aromatic nitrogens is 3. The molecule has 2 aromatic rings. The van der Waals surface area contributed by atoms with Crippen LogP contribution in [0.25, 0.3) is 0 Å². The maximum Gasteiger partial charge on any atom is 0.176 e. The number of fused-ring (bicyclic) bond motifs is 1. The molecular weight excluding hydrogens is 302 g/mol. The Morgan fingerprint density at radius 3 is 3.18 bits per heavy atom. The van der Waals surface area contributed by atoms with Gasteiger partial charge in [-0.25, -0.2) is 9.67 Å². The van der Waals surface area contributed by atoms with Gasteiger partial charge < -0.3 is 10.1 Å². The summed E-state index contributed by atoms with van der Waals surface area (Å²) in [5.41, 5.74) is 1.36. The number of anilines is 1. The Kier molecular flexibility index (Phi) is 4.27. The quantitative estimate of drug-likeness (QED) is 0.937. The summed E-state index contributed by atoms with van der Waals surface area (Å²) in [6.07, 6.45) is 1.78. The number of rotatable bonds is 4. The first-order chi connectivity index (χ1) is 10.7. The Morgan fingerprint density at radius 2 is 2.41 bits per heavy atom. The highest BCUT2D eigenvalue weighted by Gasteiger charge is 2.22. The van der Waals surface area contributed by atoms with Crippen LogP contribution >= 0.6 is 11.6 Å². The number of benzene rings is 1. The van der Waals surface area contributed by atoms with Gasteiger partial charge in [0.25, 0.3) is 0 Å². The van der Waals surface area contributed by atoms with Crippen LogP contribution in [0.15, 0.2) is 18.2 Å². The molecule has 6 nitrogen and oxygen atoms in total. The van der Waals surface area contributed by atoms with Crippen LogP contribution in [0.1, 0.15) is 23.6 Å². The lowest BCUT2D eigenvalue weighted by Gasteiger charge is -2.25. The Bertz CT molecular complexity index is 721. The zero-order valence-electron chi connectivity index (χ0n) is 12.2. The molecule has 22 heavy (non-hydrogen) atoms. The molecule has 1 aliphatic heterocycles. The van der Waals surface area contributed by atoms with Crippen molar-refractivity contribution in [3.8, 4) is 6.07 Å². The second kappa shape index (κ2) is 6.34. The van der Waals surface area contributed by atoms with Crippen molar-refractivity contribution in [1.82, 2.24) is 14.8 Å². The molecule has 7 heteroatoms. The fourth-order valence-electron chi connectivity index (χ4n) is 2.62. The molecule has 1 aliphatic rings. The first kappa shape index (κ1) is 14.8. The third-order valence-electron chi connectivity index (χ3n) is 3.64. The number of hydrogen-bond acceptors (Lipinski definition) is 5. The van der Waals surface area contributed by atoms with E-state index in [0.717, 1.165) is 24.4 Å². The molecule has 0 spiro atoms. The summed E-state index contributed by atoms with van der Waals surface area (Å²) in [6.45, 7) is 1.13. The minimum absolute atomic E-state index is 0.190. The maximum atomic E-state index is 9.18. The average molecular weight is 318 g/mol. The van der Waals surface area contributed by atoms with E-state index in [-0.39, 0.29) is 6.04 Å². The van der Waals surface area contributed by atoms with E-state index in [2.05, 4.69) is 21.5 Å². The Morgan fingerprint density at radius 1 is 1.55 bits per heavy atom. The predicted octanol–water partition coefficient (Wildman–Crippen LogP) is 2.38. The second-order valence-electron chi connectivity index (χ2n) is 5.24. The first-order valence-corrected chi connectivity index (χ1v) is 7.45. The van der Waals surface area contributed by atoms with Gasteiger partial charge in [-0.3, -0.25) is 0 Å². The van der Waals surface area contributed by atoms with Gasteiger partial charge in [-0.05, 0) is 24.6 Å². The van der Waals surface area contributed by atoms with Gasteiger partial charge in [-0.15, -0.1) is 0 Å². The highest BCUT2D eigenvalue weighted by atomic mass is 35.5. The van der Waals surface area contributed by atoms with Crippen molar-refractivity contribution in [1.29, 1.82) is 5.26 Å². The summed E-state index contributed by atoms with van der Waals surface area (Å²) >= 11 is 6.02. The number of aryl methyl sites for hydroxylation is 1. The summed E-state index contributed by atoms with van der Waals surface area (Å²) < 4.78 is 6.98. The van der Waals surface area contributed by atoms with Crippen molar-refractivity contribution in [3.63, 3.8) is 0 Å². The Labute approximate surface area is 133 Å². The number of hydrogen-bond donors (Lipinski definition) is 1. The van der Waals surface area contributed by atoms with Crippen LogP contribution in [0.4, 0.5) is 5.69 Å². The van der Waals surface area contributed by atoms with Gasteiger partial charge in [0.1, 0.15) is 18.5 Å². The molecule has 0 saturated heterocycles. The van der Waals surface area contributed by atoms with E-state index < -0.39 is 0 Å². The van der Waals surface area contributed by atoms with Crippen LogP contribution in [-0.2, 0) is 24.3 Å². The maximum absolute atomic E-state index is 9.18. The third-order valence-corrected chi connectivity index (χ3v) is 3.87. The largest absolute Gasteiger partial charge is 0.379 e. The topological polar surface area (TPSA) is 75.8 Å². The molecule has 0 amide bonds. The Balaban J connectivity index is 1.75. The number of ether oxygens (including phenoxy) is 1. The van der Waals surface area contributed by atoms with Gasteiger partial charge >= 0.3 is 0 Å². The molecule has 0 saturated carbocycles. The van der Waals surface area contributed by atoms with Crippen molar-refractivity contribution in [2.24, 2.45) is 0 Å². The smallest absolute Gasteiger partial charge is 0.176 e. The Hall–Kier alpha value is -2.10. The highest BCUT2D eigenvalue weighted by Crippen LogP contribution is 2.24. The molecule has 0 radical (unpaired) electrons. The molecule has 114 valence electrons. The number of halogens is 1. The first-order valence-electron chi connectivity index (χ1n) is 7.07. The van der Waals surface area contributed by atoms with Crippen LogP contribution in [0.2, 0.25) is 5.02 Å². The van der Waals surface area contributed by atoms with Crippen molar-refractivity contribution < 1.29 is 4.74 Å². The van der Waals surface area contributed by atoms with Gasteiger partial charge in [0.15, 0.2) is 5.82 Å².